The highest BCUT2D eigenvalue weighted by Crippen LogP contribution is 2.69. The van der Waals surface area contributed by atoms with E-state index in [0.29, 0.717) is 24.2 Å². The van der Waals surface area contributed by atoms with Crippen molar-refractivity contribution >= 4 is 15.9 Å². The van der Waals surface area contributed by atoms with Crippen LogP contribution in [0.4, 0.5) is 0 Å². The van der Waals surface area contributed by atoms with Gasteiger partial charge in [0.15, 0.2) is 0 Å². The van der Waals surface area contributed by atoms with Gasteiger partial charge in [-0.05, 0) is 80.0 Å². The molecule has 132 valence electrons. The predicted octanol–water partition coefficient (Wildman–Crippen LogP) is 3.24. The molecule has 0 aromatic rings. The van der Waals surface area contributed by atoms with Gasteiger partial charge in [0.1, 0.15) is 0 Å². The number of hydrogen-bond donors (Lipinski definition) is 3. The van der Waals surface area contributed by atoms with Crippen LogP contribution in [0.1, 0.15) is 65.2 Å². The van der Waals surface area contributed by atoms with Gasteiger partial charge in [-0.1, -0.05) is 29.8 Å². The maximum absolute atomic E-state index is 11.0. The average molecular weight is 387 g/mol. The maximum atomic E-state index is 11.0. The Hall–Kier alpha value is 0.360. The Morgan fingerprint density at radius 1 is 0.870 bits per heavy atom. The molecule has 4 saturated carbocycles. The first-order valence-corrected chi connectivity index (χ1v) is 10.2. The summed E-state index contributed by atoms with van der Waals surface area (Å²) in [7, 11) is 0. The Morgan fingerprint density at radius 3 is 2.35 bits per heavy atom. The van der Waals surface area contributed by atoms with Crippen molar-refractivity contribution < 1.29 is 15.3 Å². The molecule has 4 heteroatoms. The highest BCUT2D eigenvalue weighted by Gasteiger charge is 2.66. The zero-order chi connectivity index (χ0) is 16.6. The van der Waals surface area contributed by atoms with Crippen LogP contribution in [0.15, 0.2) is 0 Å². The number of aliphatic hydroxyl groups is 3. The van der Waals surface area contributed by atoms with E-state index in [0.717, 1.165) is 44.9 Å². The topological polar surface area (TPSA) is 60.7 Å². The molecule has 0 radical (unpaired) electrons. The van der Waals surface area contributed by atoms with Crippen LogP contribution in [-0.2, 0) is 0 Å². The van der Waals surface area contributed by atoms with E-state index in [-0.39, 0.29) is 27.4 Å². The number of alkyl halides is 1. The standard InChI is InChI=1S/C19H31BrO3/c1-17-7-6-14-12(13(17)3-4-15(17)22)9-16(23)19(20)10-11(21)5-8-18(14,19)2/h11-16,21-23H,3-10H2,1-2H3/t11-,12+,13+,14+,15+,16-,17+,18-,19+/m1/s1. The monoisotopic (exact) mass is 386 g/mol. The largest absolute Gasteiger partial charge is 0.393 e. The maximum Gasteiger partial charge on any atom is 0.0702 e. The lowest BCUT2D eigenvalue weighted by molar-refractivity contribution is -0.157. The third kappa shape index (κ3) is 2.04. The third-order valence-electron chi connectivity index (χ3n) is 8.71. The van der Waals surface area contributed by atoms with Crippen LogP contribution in [-0.4, -0.2) is 38.0 Å². The molecule has 9 atom stereocenters. The smallest absolute Gasteiger partial charge is 0.0702 e. The number of fused-ring (bicyclic) bond motifs is 5. The van der Waals surface area contributed by atoms with Crippen molar-refractivity contribution in [3.8, 4) is 0 Å². The highest BCUT2D eigenvalue weighted by atomic mass is 79.9. The Morgan fingerprint density at radius 2 is 1.61 bits per heavy atom. The summed E-state index contributed by atoms with van der Waals surface area (Å²) in [5, 5.41) is 31.7. The van der Waals surface area contributed by atoms with Crippen molar-refractivity contribution in [1.29, 1.82) is 0 Å². The summed E-state index contributed by atoms with van der Waals surface area (Å²) < 4.78 is -0.343. The lowest BCUT2D eigenvalue weighted by atomic mass is 9.44. The van der Waals surface area contributed by atoms with Gasteiger partial charge < -0.3 is 15.3 Å². The molecule has 0 saturated heterocycles. The normalized spacial score (nSPS) is 62.3. The molecule has 4 fully saturated rings. The van der Waals surface area contributed by atoms with Gasteiger partial charge in [-0.25, -0.2) is 0 Å². The van der Waals surface area contributed by atoms with Crippen molar-refractivity contribution in [3.05, 3.63) is 0 Å². The van der Waals surface area contributed by atoms with E-state index in [1.807, 2.05) is 0 Å². The molecule has 0 aromatic heterocycles. The van der Waals surface area contributed by atoms with Crippen LogP contribution in [0.2, 0.25) is 0 Å². The molecule has 4 aliphatic rings. The Labute approximate surface area is 148 Å². The van der Waals surface area contributed by atoms with E-state index >= 15 is 0 Å². The van der Waals surface area contributed by atoms with Crippen LogP contribution < -0.4 is 0 Å². The second-order valence-corrected chi connectivity index (χ2v) is 10.9. The zero-order valence-corrected chi connectivity index (χ0v) is 15.9. The van der Waals surface area contributed by atoms with E-state index in [2.05, 4.69) is 29.8 Å². The van der Waals surface area contributed by atoms with Crippen molar-refractivity contribution in [2.75, 3.05) is 0 Å². The zero-order valence-electron chi connectivity index (χ0n) is 14.3. The number of hydrogen-bond acceptors (Lipinski definition) is 3. The lowest BCUT2D eigenvalue weighted by Gasteiger charge is -2.65. The summed E-state index contributed by atoms with van der Waals surface area (Å²) in [6, 6.07) is 0. The molecular formula is C19H31BrO3. The van der Waals surface area contributed by atoms with E-state index in [4.69, 9.17) is 0 Å². The summed E-state index contributed by atoms with van der Waals surface area (Å²) >= 11 is 3.94. The molecule has 0 unspecified atom stereocenters. The van der Waals surface area contributed by atoms with Gasteiger partial charge in [0, 0.05) is 0 Å². The number of aliphatic hydroxyl groups excluding tert-OH is 3. The number of rotatable bonds is 0. The van der Waals surface area contributed by atoms with E-state index in [9.17, 15) is 15.3 Å². The molecule has 3 nitrogen and oxygen atoms in total. The first-order chi connectivity index (χ1) is 10.7. The molecule has 23 heavy (non-hydrogen) atoms. The molecule has 0 spiro atoms. The fourth-order valence-electron chi connectivity index (χ4n) is 7.19. The molecule has 4 aliphatic carbocycles. The van der Waals surface area contributed by atoms with Crippen LogP contribution in [0.5, 0.6) is 0 Å². The fraction of sp³-hybridized carbons (Fsp3) is 1.00. The molecule has 0 amide bonds. The molecule has 0 aliphatic heterocycles. The minimum atomic E-state index is -0.399. The van der Waals surface area contributed by atoms with Gasteiger partial charge in [0.2, 0.25) is 0 Å². The summed E-state index contributed by atoms with van der Waals surface area (Å²) in [5.41, 5.74) is 0.0984. The van der Waals surface area contributed by atoms with Gasteiger partial charge in [-0.2, -0.15) is 0 Å². The van der Waals surface area contributed by atoms with Gasteiger partial charge in [-0.3, -0.25) is 0 Å². The summed E-state index contributed by atoms with van der Waals surface area (Å²) in [4.78, 5) is 0. The average Bonchev–Trinajstić information content (AvgIpc) is 2.79. The minimum absolute atomic E-state index is 0.0451. The van der Waals surface area contributed by atoms with Gasteiger partial charge in [-0.15, -0.1) is 0 Å². The molecule has 0 bridgehead atoms. The van der Waals surface area contributed by atoms with E-state index in [1.165, 1.54) is 0 Å². The first kappa shape index (κ1) is 16.8. The van der Waals surface area contributed by atoms with Crippen LogP contribution in [0.3, 0.4) is 0 Å². The summed E-state index contributed by atoms with van der Waals surface area (Å²) in [5.74, 6) is 1.67. The van der Waals surface area contributed by atoms with Crippen molar-refractivity contribution in [3.63, 3.8) is 0 Å². The molecule has 0 heterocycles. The lowest BCUT2D eigenvalue weighted by Crippen LogP contribution is -2.65. The number of halogens is 1. The Bertz CT molecular complexity index is 499. The quantitative estimate of drug-likeness (QED) is 0.560. The predicted molar refractivity (Wildman–Crippen MR) is 93.3 cm³/mol. The van der Waals surface area contributed by atoms with Crippen LogP contribution >= 0.6 is 15.9 Å². The molecule has 4 rings (SSSR count). The van der Waals surface area contributed by atoms with E-state index in [1.54, 1.807) is 0 Å². The van der Waals surface area contributed by atoms with Crippen LogP contribution in [0, 0.1) is 28.6 Å². The van der Waals surface area contributed by atoms with Gasteiger partial charge >= 0.3 is 0 Å². The van der Waals surface area contributed by atoms with Crippen LogP contribution in [0.25, 0.3) is 0 Å². The Balaban J connectivity index is 1.71. The second-order valence-electron chi connectivity index (χ2n) is 9.44. The van der Waals surface area contributed by atoms with Crippen molar-refractivity contribution in [2.45, 2.75) is 87.9 Å². The minimum Gasteiger partial charge on any atom is -0.393 e. The molecular weight excluding hydrogens is 356 g/mol. The van der Waals surface area contributed by atoms with Crippen molar-refractivity contribution in [2.24, 2.45) is 28.6 Å². The van der Waals surface area contributed by atoms with Gasteiger partial charge in [0.05, 0.1) is 22.6 Å². The highest BCUT2D eigenvalue weighted by molar-refractivity contribution is 9.10. The van der Waals surface area contributed by atoms with Gasteiger partial charge in [0.25, 0.3) is 0 Å². The second kappa shape index (κ2) is 5.18. The first-order valence-electron chi connectivity index (χ1n) is 9.45. The SMILES string of the molecule is C[C@]12CC[C@H]3[C@@H](C[C@@H](O)[C@@]4(Br)C[C@H](O)CC[C@]34C)[C@@H]1CC[C@@H]2O. The van der Waals surface area contributed by atoms with Crippen molar-refractivity contribution in [1.82, 2.24) is 0 Å². The Kier molecular flexibility index (Phi) is 3.79. The van der Waals surface area contributed by atoms with E-state index < -0.39 is 6.10 Å². The third-order valence-corrected chi connectivity index (χ3v) is 10.5. The fourth-order valence-corrected chi connectivity index (χ4v) is 8.24. The molecule has 3 N–H and O–H groups in total. The summed E-state index contributed by atoms with van der Waals surface area (Å²) in [6.07, 6.45) is 6.77. The molecule has 0 aromatic carbocycles. The summed E-state index contributed by atoms with van der Waals surface area (Å²) in [6.45, 7) is 4.63.